The molecule has 0 bridgehead atoms. The first-order valence-electron chi connectivity index (χ1n) is 9.81. The lowest BCUT2D eigenvalue weighted by Gasteiger charge is -2.18. The smallest absolute Gasteiger partial charge is 0.233 e. The fourth-order valence-electron chi connectivity index (χ4n) is 2.98. The molecular formula is C23H26N4OS. The van der Waals surface area contributed by atoms with Gasteiger partial charge in [0.05, 0.1) is 5.75 Å². The fourth-order valence-corrected chi connectivity index (χ4v) is 3.67. The van der Waals surface area contributed by atoms with Gasteiger partial charge in [-0.2, -0.15) is 0 Å². The van der Waals surface area contributed by atoms with E-state index in [0.717, 1.165) is 22.5 Å². The largest absolute Gasteiger partial charge is 0.343 e. The van der Waals surface area contributed by atoms with E-state index in [9.17, 15) is 4.79 Å². The van der Waals surface area contributed by atoms with E-state index < -0.39 is 0 Å². The molecule has 3 aromatic rings. The van der Waals surface area contributed by atoms with Crippen LogP contribution in [0.5, 0.6) is 0 Å². The summed E-state index contributed by atoms with van der Waals surface area (Å²) in [6, 6.07) is 16.4. The maximum absolute atomic E-state index is 12.3. The normalized spacial score (nSPS) is 10.8. The van der Waals surface area contributed by atoms with Crippen molar-refractivity contribution in [1.82, 2.24) is 20.1 Å². The molecule has 0 spiro atoms. The molecule has 0 N–H and O–H groups in total. The van der Waals surface area contributed by atoms with Gasteiger partial charge in [0.1, 0.15) is 11.4 Å². The highest BCUT2D eigenvalue weighted by molar-refractivity contribution is 7.99. The monoisotopic (exact) mass is 406 g/mol. The number of benzene rings is 2. The quantitative estimate of drug-likeness (QED) is 0.528. The Morgan fingerprint density at radius 3 is 1.86 bits per heavy atom. The van der Waals surface area contributed by atoms with Gasteiger partial charge in [-0.05, 0) is 27.7 Å². The molecule has 150 valence electrons. The van der Waals surface area contributed by atoms with Crippen LogP contribution in [0.15, 0.2) is 53.7 Å². The Kier molecular flexibility index (Phi) is 6.99. The maximum atomic E-state index is 12.3. The van der Waals surface area contributed by atoms with E-state index in [4.69, 9.17) is 4.98 Å². The van der Waals surface area contributed by atoms with Gasteiger partial charge >= 0.3 is 0 Å². The van der Waals surface area contributed by atoms with Crippen molar-refractivity contribution in [2.75, 3.05) is 18.8 Å². The minimum Gasteiger partial charge on any atom is -0.343 e. The zero-order valence-corrected chi connectivity index (χ0v) is 18.2. The van der Waals surface area contributed by atoms with Crippen LogP contribution >= 0.6 is 11.8 Å². The third-order valence-electron chi connectivity index (χ3n) is 4.76. The van der Waals surface area contributed by atoms with Crippen LogP contribution in [-0.2, 0) is 4.79 Å². The summed E-state index contributed by atoms with van der Waals surface area (Å²) in [6.45, 7) is 9.49. The van der Waals surface area contributed by atoms with Crippen LogP contribution in [0.1, 0.15) is 25.0 Å². The van der Waals surface area contributed by atoms with E-state index in [0.29, 0.717) is 24.0 Å². The molecule has 0 aliphatic heterocycles. The van der Waals surface area contributed by atoms with Crippen LogP contribution in [0.2, 0.25) is 0 Å². The molecule has 0 saturated carbocycles. The van der Waals surface area contributed by atoms with Gasteiger partial charge in [-0.1, -0.05) is 71.4 Å². The van der Waals surface area contributed by atoms with Crippen molar-refractivity contribution in [3.05, 3.63) is 59.7 Å². The van der Waals surface area contributed by atoms with Gasteiger partial charge in [0, 0.05) is 24.2 Å². The van der Waals surface area contributed by atoms with E-state index in [1.165, 1.54) is 22.9 Å². The molecule has 6 heteroatoms. The summed E-state index contributed by atoms with van der Waals surface area (Å²) in [5.41, 5.74) is 5.86. The molecule has 1 aromatic heterocycles. The van der Waals surface area contributed by atoms with Crippen molar-refractivity contribution < 1.29 is 4.79 Å². The predicted octanol–water partition coefficient (Wildman–Crippen LogP) is 4.78. The Hall–Kier alpha value is -2.73. The van der Waals surface area contributed by atoms with Gasteiger partial charge in [0.15, 0.2) is 0 Å². The summed E-state index contributed by atoms with van der Waals surface area (Å²) in [6.07, 6.45) is 0. The summed E-state index contributed by atoms with van der Waals surface area (Å²) in [4.78, 5) is 18.9. The van der Waals surface area contributed by atoms with Crippen molar-refractivity contribution in [3.8, 4) is 22.5 Å². The van der Waals surface area contributed by atoms with Gasteiger partial charge < -0.3 is 4.90 Å². The van der Waals surface area contributed by atoms with Crippen LogP contribution in [0, 0.1) is 13.8 Å². The topological polar surface area (TPSA) is 59.0 Å². The van der Waals surface area contributed by atoms with Crippen molar-refractivity contribution >= 4 is 17.7 Å². The van der Waals surface area contributed by atoms with Crippen molar-refractivity contribution in [1.29, 1.82) is 0 Å². The average Bonchev–Trinajstić information content (AvgIpc) is 2.74. The highest BCUT2D eigenvalue weighted by Crippen LogP contribution is 2.30. The number of rotatable bonds is 7. The van der Waals surface area contributed by atoms with Crippen molar-refractivity contribution in [3.63, 3.8) is 0 Å². The van der Waals surface area contributed by atoms with E-state index in [2.05, 4.69) is 48.3 Å². The summed E-state index contributed by atoms with van der Waals surface area (Å²) in [5.74, 6) is 0.392. The number of carbonyl (C=O) groups is 1. The average molecular weight is 407 g/mol. The number of aromatic nitrogens is 3. The van der Waals surface area contributed by atoms with E-state index in [-0.39, 0.29) is 5.91 Å². The van der Waals surface area contributed by atoms with Crippen LogP contribution in [-0.4, -0.2) is 44.8 Å². The molecule has 1 heterocycles. The molecule has 0 aliphatic rings. The molecule has 2 aromatic carbocycles. The first-order chi connectivity index (χ1) is 14.0. The molecule has 0 radical (unpaired) electrons. The molecule has 29 heavy (non-hydrogen) atoms. The third-order valence-corrected chi connectivity index (χ3v) is 5.58. The Labute approximate surface area is 176 Å². The molecule has 0 saturated heterocycles. The first-order valence-corrected chi connectivity index (χ1v) is 10.8. The number of hydrogen-bond acceptors (Lipinski definition) is 5. The highest BCUT2D eigenvalue weighted by atomic mass is 32.2. The lowest BCUT2D eigenvalue weighted by Crippen LogP contribution is -2.31. The van der Waals surface area contributed by atoms with Gasteiger partial charge in [-0.25, -0.2) is 4.98 Å². The zero-order valence-electron chi connectivity index (χ0n) is 17.3. The summed E-state index contributed by atoms with van der Waals surface area (Å²) >= 11 is 1.33. The molecule has 1 amide bonds. The molecule has 0 aliphatic carbocycles. The predicted molar refractivity (Wildman–Crippen MR) is 119 cm³/mol. The van der Waals surface area contributed by atoms with Gasteiger partial charge in [0.2, 0.25) is 11.1 Å². The lowest BCUT2D eigenvalue weighted by molar-refractivity contribution is -0.127. The van der Waals surface area contributed by atoms with E-state index >= 15 is 0 Å². The molecule has 0 unspecified atom stereocenters. The minimum atomic E-state index is 0.0862. The van der Waals surface area contributed by atoms with Crippen molar-refractivity contribution in [2.45, 2.75) is 32.9 Å². The zero-order chi connectivity index (χ0) is 20.8. The fraction of sp³-hybridized carbons (Fsp3) is 0.304. The third kappa shape index (κ3) is 5.21. The highest BCUT2D eigenvalue weighted by Gasteiger charge is 2.16. The van der Waals surface area contributed by atoms with Gasteiger partial charge in [0.25, 0.3) is 0 Å². The number of nitrogens with zero attached hydrogens (tertiary/aromatic N) is 4. The minimum absolute atomic E-state index is 0.0862. The summed E-state index contributed by atoms with van der Waals surface area (Å²) in [7, 11) is 0. The van der Waals surface area contributed by atoms with Crippen LogP contribution in [0.25, 0.3) is 22.5 Å². The Bertz CT molecular complexity index is 967. The molecule has 3 rings (SSSR count). The molecule has 5 nitrogen and oxygen atoms in total. The Morgan fingerprint density at radius 1 is 0.828 bits per heavy atom. The maximum Gasteiger partial charge on any atom is 0.233 e. The number of amides is 1. The number of thioether (sulfide) groups is 1. The second-order valence-corrected chi connectivity index (χ2v) is 7.82. The second-order valence-electron chi connectivity index (χ2n) is 6.88. The SMILES string of the molecule is CCN(CC)C(=O)CSc1nnc(-c2ccc(C)cc2)c(-c2ccc(C)cc2)n1. The summed E-state index contributed by atoms with van der Waals surface area (Å²) < 4.78 is 0. The van der Waals surface area contributed by atoms with Crippen LogP contribution < -0.4 is 0 Å². The Balaban J connectivity index is 1.94. The van der Waals surface area contributed by atoms with Crippen molar-refractivity contribution in [2.24, 2.45) is 0 Å². The standard InChI is InChI=1S/C23H26N4OS/c1-5-27(6-2)20(28)15-29-23-24-21(18-11-7-16(3)8-12-18)22(25-26-23)19-13-9-17(4)10-14-19/h7-14H,5-6,15H2,1-4H3. The molecule has 0 atom stereocenters. The molecular weight excluding hydrogens is 380 g/mol. The number of hydrogen-bond donors (Lipinski definition) is 0. The van der Waals surface area contributed by atoms with Crippen LogP contribution in [0.3, 0.4) is 0 Å². The van der Waals surface area contributed by atoms with Gasteiger partial charge in [-0.15, -0.1) is 10.2 Å². The van der Waals surface area contributed by atoms with E-state index in [1.54, 1.807) is 0 Å². The lowest BCUT2D eigenvalue weighted by atomic mass is 10.0. The Morgan fingerprint density at radius 2 is 1.34 bits per heavy atom. The molecule has 0 fully saturated rings. The van der Waals surface area contributed by atoms with Crippen LogP contribution in [0.4, 0.5) is 0 Å². The number of carbonyl (C=O) groups excluding carboxylic acids is 1. The number of aryl methyl sites for hydroxylation is 2. The first kappa shape index (κ1) is 21.0. The second kappa shape index (κ2) is 9.65. The summed E-state index contributed by atoms with van der Waals surface area (Å²) in [5, 5.41) is 9.29. The van der Waals surface area contributed by atoms with E-state index in [1.807, 2.05) is 43.0 Å². The van der Waals surface area contributed by atoms with Gasteiger partial charge in [-0.3, -0.25) is 4.79 Å².